The van der Waals surface area contributed by atoms with Crippen molar-refractivity contribution >= 4 is 0 Å². The summed E-state index contributed by atoms with van der Waals surface area (Å²) in [5.41, 5.74) is 24.5. The first kappa shape index (κ1) is 65.5. The lowest BCUT2D eigenvalue weighted by atomic mass is 9.68. The average Bonchev–Trinajstić information content (AvgIpc) is 0.746. The third-order valence-electron chi connectivity index (χ3n) is 20.0. The Morgan fingerprint density at radius 3 is 0.620 bits per heavy atom. The molecular formula is C84H90O8. The first-order valence-corrected chi connectivity index (χ1v) is 32.0. The Bertz CT molecular complexity index is 4000. The first-order valence-electron chi connectivity index (χ1n) is 32.0. The van der Waals surface area contributed by atoms with Gasteiger partial charge in [-0.2, -0.15) is 0 Å². The molecule has 0 spiro atoms. The van der Waals surface area contributed by atoms with Gasteiger partial charge < -0.3 is 40.9 Å². The molecule has 92 heavy (non-hydrogen) atoms. The van der Waals surface area contributed by atoms with Crippen LogP contribution in [0.4, 0.5) is 0 Å². The SMILES string of the molecule is Cc1cc(Cc2cc(C(C)(c3ccc(C(C)(C)c4cc(Cc5cc(C)c(O)c(C)c5)c(O)c(Cc5cc(C)c(O)c(C)c5)c4)cc3)c3cc(Cc4cc(C)c(O)c(C)c4)c(O)c(Cc4cc(C)c(O)c(C)c4)c3)cc(Cc3cc(C)c(O)c(C)c3)c2O)cc(C)c1C. The van der Waals surface area contributed by atoms with Gasteiger partial charge in [-0.1, -0.05) is 147 Å². The topological polar surface area (TPSA) is 162 Å². The monoisotopic (exact) mass is 1230 g/mol. The summed E-state index contributed by atoms with van der Waals surface area (Å²) in [7, 11) is 0. The molecule has 10 aromatic carbocycles. The Hall–Kier alpha value is -9.40. The predicted molar refractivity (Wildman–Crippen MR) is 374 cm³/mol. The van der Waals surface area contributed by atoms with Crippen LogP contribution in [0.1, 0.15) is 188 Å². The van der Waals surface area contributed by atoms with E-state index in [1.807, 2.05) is 130 Å². The third kappa shape index (κ3) is 12.9. The zero-order valence-corrected chi connectivity index (χ0v) is 56.5. The molecule has 8 N–H and O–H groups in total. The van der Waals surface area contributed by atoms with Crippen molar-refractivity contribution in [1.29, 1.82) is 0 Å². The van der Waals surface area contributed by atoms with E-state index in [2.05, 4.69) is 114 Å². The highest BCUT2D eigenvalue weighted by atomic mass is 16.3. The summed E-state index contributed by atoms with van der Waals surface area (Å²) in [5.74, 6) is 1.81. The lowest BCUT2D eigenvalue weighted by Gasteiger charge is -2.35. The molecular weight excluding hydrogens is 1140 g/mol. The van der Waals surface area contributed by atoms with E-state index in [1.54, 1.807) is 0 Å². The van der Waals surface area contributed by atoms with Gasteiger partial charge in [0.2, 0.25) is 0 Å². The first-order chi connectivity index (χ1) is 43.3. The van der Waals surface area contributed by atoms with Gasteiger partial charge in [0.1, 0.15) is 46.0 Å². The van der Waals surface area contributed by atoms with E-state index < -0.39 is 10.8 Å². The van der Waals surface area contributed by atoms with Crippen LogP contribution in [0.5, 0.6) is 46.0 Å². The molecule has 8 nitrogen and oxygen atoms in total. The molecule has 0 saturated heterocycles. The Kier molecular flexibility index (Phi) is 18.1. The molecule has 1 atom stereocenters. The van der Waals surface area contributed by atoms with Crippen molar-refractivity contribution in [2.45, 2.75) is 160 Å². The van der Waals surface area contributed by atoms with Crippen LogP contribution >= 0.6 is 0 Å². The second-order valence-corrected chi connectivity index (χ2v) is 27.6. The van der Waals surface area contributed by atoms with Crippen molar-refractivity contribution in [3.05, 3.63) is 300 Å². The standard InChI is InChI=1S/C84H90O8/c1-45-21-58(22-46(2)57(45)13)33-66-41-73(42-67(81(66)91)36-61-27-51(7)77(87)52(8)28-61)84(16,74-43-68(37-62-29-53(9)78(88)54(10)30-62)82(92)69(44-74)38-63-31-55(11)79(89)56(12)32-63)71-19-17-70(18-20-71)83(14,15)72-39-64(34-59-23-47(3)75(85)48(4)24-59)80(90)65(40-72)35-60-25-49(5)76(86)50(6)26-60/h17-32,39-44,85-92H,33-38H2,1-16H3. The quantitative estimate of drug-likeness (QED) is 0.0418. The summed E-state index contributed by atoms with van der Waals surface area (Å²) in [6.45, 7) is 32.0. The zero-order valence-electron chi connectivity index (χ0n) is 56.5. The minimum atomic E-state index is -0.988. The molecule has 10 aromatic rings. The Labute approximate surface area is 544 Å². The molecule has 0 saturated carbocycles. The normalized spacial score (nSPS) is 12.4. The van der Waals surface area contributed by atoms with Gasteiger partial charge in [0, 0.05) is 49.4 Å². The van der Waals surface area contributed by atoms with E-state index in [4.69, 9.17) is 0 Å². The third-order valence-corrected chi connectivity index (χ3v) is 20.0. The average molecular weight is 1230 g/mol. The van der Waals surface area contributed by atoms with Gasteiger partial charge in [0.25, 0.3) is 0 Å². The zero-order chi connectivity index (χ0) is 66.7. The lowest BCUT2D eigenvalue weighted by Crippen LogP contribution is -2.27. The van der Waals surface area contributed by atoms with Gasteiger partial charge in [0.15, 0.2) is 0 Å². The fourth-order valence-electron chi connectivity index (χ4n) is 14.2. The molecule has 0 aliphatic carbocycles. The Balaban J connectivity index is 1.21. The van der Waals surface area contributed by atoms with Crippen LogP contribution in [-0.2, 0) is 49.4 Å². The number of benzene rings is 10. The number of phenolic OH excluding ortho intramolecular Hbond substituents is 8. The Morgan fingerprint density at radius 1 is 0.217 bits per heavy atom. The largest absolute Gasteiger partial charge is 0.507 e. The van der Waals surface area contributed by atoms with Crippen LogP contribution in [0, 0.1) is 90.0 Å². The van der Waals surface area contributed by atoms with Gasteiger partial charge in [-0.25, -0.2) is 0 Å². The maximum absolute atomic E-state index is 12.8. The van der Waals surface area contributed by atoms with Crippen molar-refractivity contribution in [3.63, 3.8) is 0 Å². The van der Waals surface area contributed by atoms with Gasteiger partial charge in [-0.05, 0) is 264 Å². The van der Waals surface area contributed by atoms with Crippen molar-refractivity contribution in [1.82, 2.24) is 0 Å². The molecule has 0 aliphatic rings. The minimum Gasteiger partial charge on any atom is -0.507 e. The number of rotatable bonds is 17. The van der Waals surface area contributed by atoms with E-state index in [0.29, 0.717) is 49.7 Å². The number of hydrogen-bond acceptors (Lipinski definition) is 8. The van der Waals surface area contributed by atoms with Crippen LogP contribution in [0.2, 0.25) is 0 Å². The van der Waals surface area contributed by atoms with Crippen LogP contribution in [-0.4, -0.2) is 40.9 Å². The molecule has 0 bridgehead atoms. The van der Waals surface area contributed by atoms with Crippen LogP contribution in [0.15, 0.2) is 133 Å². The molecule has 1 unspecified atom stereocenters. The van der Waals surface area contributed by atoms with E-state index in [0.717, 1.165) is 139 Å². The number of aryl methyl sites for hydroxylation is 12. The molecule has 0 heterocycles. The summed E-state index contributed by atoms with van der Waals surface area (Å²) in [4.78, 5) is 0. The van der Waals surface area contributed by atoms with Crippen LogP contribution < -0.4 is 0 Å². The molecule has 0 fully saturated rings. The van der Waals surface area contributed by atoms with Crippen LogP contribution in [0.3, 0.4) is 0 Å². The van der Waals surface area contributed by atoms with Gasteiger partial charge >= 0.3 is 0 Å². The maximum Gasteiger partial charge on any atom is 0.122 e. The second kappa shape index (κ2) is 25.4. The number of hydrogen-bond donors (Lipinski definition) is 8. The molecule has 0 amide bonds. The molecule has 0 aromatic heterocycles. The van der Waals surface area contributed by atoms with Gasteiger partial charge in [-0.15, -0.1) is 0 Å². The molecule has 0 aliphatic heterocycles. The fraction of sp³-hybridized carbons (Fsp3) is 0.286. The van der Waals surface area contributed by atoms with E-state index in [1.165, 1.54) is 16.7 Å². The smallest absolute Gasteiger partial charge is 0.122 e. The summed E-state index contributed by atoms with van der Waals surface area (Å²) < 4.78 is 0. The molecule has 8 heteroatoms. The van der Waals surface area contributed by atoms with Crippen molar-refractivity contribution in [3.8, 4) is 46.0 Å². The number of aromatic hydroxyl groups is 8. The second-order valence-electron chi connectivity index (χ2n) is 27.6. The van der Waals surface area contributed by atoms with E-state index >= 15 is 0 Å². The van der Waals surface area contributed by atoms with Crippen molar-refractivity contribution in [2.24, 2.45) is 0 Å². The predicted octanol–water partition coefficient (Wildman–Crippen LogP) is 18.6. The van der Waals surface area contributed by atoms with Crippen LogP contribution in [0.25, 0.3) is 0 Å². The summed E-state index contributed by atoms with van der Waals surface area (Å²) in [6, 6.07) is 45.8. The highest BCUT2D eigenvalue weighted by Crippen LogP contribution is 2.47. The van der Waals surface area contributed by atoms with Gasteiger partial charge in [-0.3, -0.25) is 0 Å². The highest BCUT2D eigenvalue weighted by Gasteiger charge is 2.36. The maximum atomic E-state index is 12.8. The van der Waals surface area contributed by atoms with E-state index in [9.17, 15) is 40.9 Å². The van der Waals surface area contributed by atoms with Crippen molar-refractivity contribution in [2.75, 3.05) is 0 Å². The summed E-state index contributed by atoms with van der Waals surface area (Å²) in [6.07, 6.45) is 2.40. The molecule has 0 radical (unpaired) electrons. The number of phenols is 8. The highest BCUT2D eigenvalue weighted by molar-refractivity contribution is 5.62. The molecule has 10 rings (SSSR count). The molecule has 474 valence electrons. The van der Waals surface area contributed by atoms with E-state index in [-0.39, 0.29) is 46.0 Å². The van der Waals surface area contributed by atoms with Gasteiger partial charge in [0.05, 0.1) is 0 Å². The fourth-order valence-corrected chi connectivity index (χ4v) is 14.2. The minimum absolute atomic E-state index is 0.161. The van der Waals surface area contributed by atoms with Crippen molar-refractivity contribution < 1.29 is 40.9 Å². The summed E-state index contributed by atoms with van der Waals surface area (Å²) >= 11 is 0. The lowest BCUT2D eigenvalue weighted by molar-refractivity contribution is 0.460. The summed E-state index contributed by atoms with van der Waals surface area (Å²) in [5, 5.41) is 92.3. The Morgan fingerprint density at radius 2 is 0.402 bits per heavy atom.